The van der Waals surface area contributed by atoms with Crippen LogP contribution in [0, 0.1) is 0 Å². The van der Waals surface area contributed by atoms with Crippen LogP contribution in [0.2, 0.25) is 5.02 Å². The van der Waals surface area contributed by atoms with Gasteiger partial charge in [0.15, 0.2) is 0 Å². The molecule has 0 aliphatic rings. The van der Waals surface area contributed by atoms with Gasteiger partial charge in [-0.1, -0.05) is 25.4 Å². The minimum absolute atomic E-state index is 0.0203. The van der Waals surface area contributed by atoms with Crippen molar-refractivity contribution in [2.45, 2.75) is 52.6 Å². The molecule has 0 aromatic heterocycles. The van der Waals surface area contributed by atoms with E-state index in [1.807, 2.05) is 4.90 Å². The number of carbonyl (C=O) groups is 1. The van der Waals surface area contributed by atoms with E-state index in [0.717, 1.165) is 12.8 Å². The molecule has 0 saturated heterocycles. The molecule has 4 heteroatoms. The molecule has 0 aliphatic carbocycles. The number of nitrogens with zero attached hydrogens (tertiary/aromatic N) is 1. The molecule has 1 aromatic rings. The molecule has 0 N–H and O–H groups in total. The Kier molecular flexibility index (Phi) is 6.34. The number of halogens is 1. The number of methoxy groups -OCH3 is 1. The maximum absolute atomic E-state index is 12.9. The van der Waals surface area contributed by atoms with E-state index in [0.29, 0.717) is 16.3 Å². The van der Waals surface area contributed by atoms with Crippen molar-refractivity contribution in [1.29, 1.82) is 0 Å². The molecule has 0 aliphatic heterocycles. The highest BCUT2D eigenvalue weighted by Crippen LogP contribution is 2.26. The summed E-state index contributed by atoms with van der Waals surface area (Å²) in [7, 11) is 1.57. The summed E-state index contributed by atoms with van der Waals surface area (Å²) in [6, 6.07) is 5.51. The molecule has 1 amide bonds. The quantitative estimate of drug-likeness (QED) is 0.779. The van der Waals surface area contributed by atoms with Crippen LogP contribution in [-0.4, -0.2) is 30.0 Å². The van der Waals surface area contributed by atoms with Crippen LogP contribution >= 0.6 is 11.6 Å². The van der Waals surface area contributed by atoms with Gasteiger partial charge in [-0.25, -0.2) is 0 Å². The highest BCUT2D eigenvalue weighted by Gasteiger charge is 2.26. The summed E-state index contributed by atoms with van der Waals surface area (Å²) in [6.45, 7) is 8.31. The van der Waals surface area contributed by atoms with E-state index in [1.165, 1.54) is 0 Å². The first-order valence-corrected chi connectivity index (χ1v) is 7.50. The second kappa shape index (κ2) is 7.53. The van der Waals surface area contributed by atoms with Crippen molar-refractivity contribution in [3.8, 4) is 5.75 Å². The normalized spacial score (nSPS) is 13.7. The van der Waals surface area contributed by atoms with Crippen LogP contribution < -0.4 is 4.74 Å². The van der Waals surface area contributed by atoms with Crippen molar-refractivity contribution < 1.29 is 9.53 Å². The minimum Gasteiger partial charge on any atom is -0.496 e. The van der Waals surface area contributed by atoms with Gasteiger partial charge in [-0.2, -0.15) is 0 Å². The Bertz CT molecular complexity index is 452. The maximum Gasteiger partial charge on any atom is 0.258 e. The SMILES string of the molecule is CC[C@@H](C)N(C(=O)c1cc(Cl)ccc1OC)[C@@H](C)CC. The largest absolute Gasteiger partial charge is 0.496 e. The van der Waals surface area contributed by atoms with Crippen LogP contribution in [0.1, 0.15) is 50.9 Å². The zero-order valence-corrected chi connectivity index (χ0v) is 13.7. The smallest absolute Gasteiger partial charge is 0.258 e. The maximum atomic E-state index is 12.9. The first-order valence-electron chi connectivity index (χ1n) is 7.12. The van der Waals surface area contributed by atoms with Gasteiger partial charge in [0, 0.05) is 17.1 Å². The number of hydrogen-bond acceptors (Lipinski definition) is 2. The number of amides is 1. The molecule has 112 valence electrons. The van der Waals surface area contributed by atoms with Gasteiger partial charge in [0.25, 0.3) is 5.91 Å². The van der Waals surface area contributed by atoms with E-state index in [1.54, 1.807) is 25.3 Å². The lowest BCUT2D eigenvalue weighted by molar-refractivity contribution is 0.0595. The summed E-state index contributed by atoms with van der Waals surface area (Å²) in [6.07, 6.45) is 1.83. The standard InChI is InChI=1S/C16H24ClNO2/c1-6-11(3)18(12(4)7-2)16(19)14-10-13(17)8-9-15(14)20-5/h8-12H,6-7H2,1-5H3/t11-,12+. The van der Waals surface area contributed by atoms with Crippen molar-refractivity contribution in [1.82, 2.24) is 4.90 Å². The van der Waals surface area contributed by atoms with Gasteiger partial charge in [0.2, 0.25) is 0 Å². The molecule has 0 saturated carbocycles. The van der Waals surface area contributed by atoms with Crippen LogP contribution in [0.25, 0.3) is 0 Å². The lowest BCUT2D eigenvalue weighted by Gasteiger charge is -2.34. The number of rotatable bonds is 6. The predicted molar refractivity (Wildman–Crippen MR) is 83.7 cm³/mol. The van der Waals surface area contributed by atoms with E-state index in [-0.39, 0.29) is 18.0 Å². The Labute approximate surface area is 126 Å². The molecule has 0 heterocycles. The van der Waals surface area contributed by atoms with E-state index in [4.69, 9.17) is 16.3 Å². The number of benzene rings is 1. The minimum atomic E-state index is -0.0203. The Hall–Kier alpha value is -1.22. The molecule has 20 heavy (non-hydrogen) atoms. The number of ether oxygens (including phenoxy) is 1. The van der Waals surface area contributed by atoms with Crippen LogP contribution in [0.3, 0.4) is 0 Å². The van der Waals surface area contributed by atoms with E-state index in [9.17, 15) is 4.79 Å². The van der Waals surface area contributed by atoms with E-state index >= 15 is 0 Å². The van der Waals surface area contributed by atoms with Gasteiger partial charge in [-0.05, 0) is 44.9 Å². The predicted octanol–water partition coefficient (Wildman–Crippen LogP) is 4.39. The molecular weight excluding hydrogens is 274 g/mol. The molecule has 1 aromatic carbocycles. The van der Waals surface area contributed by atoms with Crippen molar-refractivity contribution in [3.63, 3.8) is 0 Å². The first-order chi connectivity index (χ1) is 9.46. The fourth-order valence-corrected chi connectivity index (χ4v) is 2.39. The van der Waals surface area contributed by atoms with Crippen LogP contribution in [0.4, 0.5) is 0 Å². The van der Waals surface area contributed by atoms with Gasteiger partial charge in [0.1, 0.15) is 5.75 Å². The molecule has 1 rings (SSSR count). The zero-order chi connectivity index (χ0) is 15.3. The van der Waals surface area contributed by atoms with Crippen LogP contribution in [0.15, 0.2) is 18.2 Å². The van der Waals surface area contributed by atoms with Crippen molar-refractivity contribution in [2.75, 3.05) is 7.11 Å². The summed E-state index contributed by atoms with van der Waals surface area (Å²) in [5, 5.41) is 0.544. The molecule has 3 nitrogen and oxygen atoms in total. The third kappa shape index (κ3) is 3.66. The molecule has 0 bridgehead atoms. The van der Waals surface area contributed by atoms with Crippen molar-refractivity contribution in [2.24, 2.45) is 0 Å². The Morgan fingerprint density at radius 1 is 1.25 bits per heavy atom. The molecular formula is C16H24ClNO2. The first kappa shape index (κ1) is 16.8. The lowest BCUT2D eigenvalue weighted by Crippen LogP contribution is -2.44. The van der Waals surface area contributed by atoms with Crippen LogP contribution in [0.5, 0.6) is 5.75 Å². The summed E-state index contributed by atoms with van der Waals surface area (Å²) in [4.78, 5) is 14.8. The summed E-state index contributed by atoms with van der Waals surface area (Å²) in [5.41, 5.74) is 0.528. The fraction of sp³-hybridized carbons (Fsp3) is 0.562. The molecule has 0 unspecified atom stereocenters. The van der Waals surface area contributed by atoms with Gasteiger partial charge >= 0.3 is 0 Å². The highest BCUT2D eigenvalue weighted by atomic mass is 35.5. The third-order valence-electron chi connectivity index (χ3n) is 3.76. The average molecular weight is 298 g/mol. The molecule has 0 fully saturated rings. The second-order valence-electron chi connectivity index (χ2n) is 5.07. The lowest BCUT2D eigenvalue weighted by atomic mass is 10.1. The van der Waals surface area contributed by atoms with Gasteiger partial charge < -0.3 is 9.64 Å². The highest BCUT2D eigenvalue weighted by molar-refractivity contribution is 6.31. The van der Waals surface area contributed by atoms with Crippen LogP contribution in [-0.2, 0) is 0 Å². The summed E-state index contributed by atoms with van der Waals surface area (Å²) >= 11 is 6.02. The molecule has 0 radical (unpaired) electrons. The molecule has 0 spiro atoms. The average Bonchev–Trinajstić information content (AvgIpc) is 2.46. The fourth-order valence-electron chi connectivity index (χ4n) is 2.21. The van der Waals surface area contributed by atoms with Gasteiger partial charge in [-0.3, -0.25) is 4.79 Å². The number of hydrogen-bond donors (Lipinski definition) is 0. The Morgan fingerprint density at radius 2 is 1.80 bits per heavy atom. The van der Waals surface area contributed by atoms with Crippen molar-refractivity contribution >= 4 is 17.5 Å². The second-order valence-corrected chi connectivity index (χ2v) is 5.51. The third-order valence-corrected chi connectivity index (χ3v) is 3.99. The Morgan fingerprint density at radius 3 is 2.25 bits per heavy atom. The van der Waals surface area contributed by atoms with E-state index < -0.39 is 0 Å². The topological polar surface area (TPSA) is 29.5 Å². The van der Waals surface area contributed by atoms with E-state index in [2.05, 4.69) is 27.7 Å². The Balaban J connectivity index is 3.21. The summed E-state index contributed by atoms with van der Waals surface area (Å²) in [5.74, 6) is 0.545. The van der Waals surface area contributed by atoms with Gasteiger partial charge in [-0.15, -0.1) is 0 Å². The monoisotopic (exact) mass is 297 g/mol. The zero-order valence-electron chi connectivity index (χ0n) is 12.9. The molecule has 2 atom stereocenters. The summed E-state index contributed by atoms with van der Waals surface area (Å²) < 4.78 is 5.29. The van der Waals surface area contributed by atoms with Gasteiger partial charge in [0.05, 0.1) is 12.7 Å². The van der Waals surface area contributed by atoms with Crippen molar-refractivity contribution in [3.05, 3.63) is 28.8 Å². The number of carbonyl (C=O) groups excluding carboxylic acids is 1.